The number of H-pyrrole nitrogens is 1. The Hall–Kier alpha value is -3.48. The number of aromatic nitrogens is 2. The highest BCUT2D eigenvalue weighted by Crippen LogP contribution is 2.10. The molecule has 0 aliphatic rings. The maximum Gasteiger partial charge on any atom is 0.326 e. The molecule has 1 rings (SSSR count). The van der Waals surface area contributed by atoms with Crippen molar-refractivity contribution in [2.75, 3.05) is 0 Å². The molecule has 0 aliphatic carbocycles. The van der Waals surface area contributed by atoms with Gasteiger partial charge in [0.2, 0.25) is 17.7 Å². The highest BCUT2D eigenvalue weighted by Gasteiger charge is 2.32. The molecule has 1 aromatic heterocycles. The summed E-state index contributed by atoms with van der Waals surface area (Å²) >= 11 is 0. The molecule has 13 heteroatoms. The minimum Gasteiger partial charge on any atom is -0.481 e. The Morgan fingerprint density at radius 3 is 2.09 bits per heavy atom. The number of hydrogen-bond acceptors (Lipinski definition) is 7. The third-order valence-corrected chi connectivity index (χ3v) is 5.18. The molecule has 8 N–H and O–H groups in total. The fourth-order valence-corrected chi connectivity index (χ4v) is 3.28. The average molecular weight is 497 g/mol. The van der Waals surface area contributed by atoms with Crippen molar-refractivity contribution < 1.29 is 34.2 Å². The van der Waals surface area contributed by atoms with Crippen molar-refractivity contribution in [3.05, 3.63) is 18.2 Å². The summed E-state index contributed by atoms with van der Waals surface area (Å²) in [7, 11) is 0. The van der Waals surface area contributed by atoms with Gasteiger partial charge in [-0.2, -0.15) is 0 Å². The van der Waals surface area contributed by atoms with Crippen LogP contribution < -0.4 is 21.7 Å². The molecule has 0 saturated heterocycles. The lowest BCUT2D eigenvalue weighted by Crippen LogP contribution is -2.58. The quantitative estimate of drug-likeness (QED) is 0.164. The Morgan fingerprint density at radius 1 is 0.971 bits per heavy atom. The van der Waals surface area contributed by atoms with Gasteiger partial charge >= 0.3 is 11.9 Å². The molecule has 0 bridgehead atoms. The van der Waals surface area contributed by atoms with Crippen LogP contribution in [-0.2, 0) is 30.4 Å². The van der Waals surface area contributed by atoms with Gasteiger partial charge in [0.05, 0.1) is 12.4 Å². The van der Waals surface area contributed by atoms with Gasteiger partial charge in [0, 0.05) is 24.7 Å². The van der Waals surface area contributed by atoms with Gasteiger partial charge in [-0.3, -0.25) is 19.2 Å². The number of aliphatic carboxylic acids is 2. The number of imidazole rings is 1. The number of nitrogens with two attached hydrogens (primary N) is 1. The summed E-state index contributed by atoms with van der Waals surface area (Å²) in [5.74, 6) is -4.92. The molecule has 196 valence electrons. The minimum absolute atomic E-state index is 0.0219. The van der Waals surface area contributed by atoms with Gasteiger partial charge < -0.3 is 36.9 Å². The number of nitrogens with one attached hydrogen (secondary N) is 4. The number of nitrogens with zero attached hydrogens (tertiary/aromatic N) is 1. The SMILES string of the molecule is CC(C)CC(NC(=O)C(N)Cc1cnc[nH]1)C(=O)NC(C(=O)NC(CCC(=O)O)C(=O)O)C(C)C. The van der Waals surface area contributed by atoms with Crippen molar-refractivity contribution in [1.29, 1.82) is 0 Å². The van der Waals surface area contributed by atoms with Crippen LogP contribution in [0.4, 0.5) is 0 Å². The van der Waals surface area contributed by atoms with Crippen LogP contribution in [-0.4, -0.2) is 74.0 Å². The predicted octanol–water partition coefficient (Wildman–Crippen LogP) is -0.615. The largest absolute Gasteiger partial charge is 0.481 e. The second kappa shape index (κ2) is 14.0. The normalized spacial score (nSPS) is 14.6. The first-order chi connectivity index (χ1) is 16.3. The molecule has 0 spiro atoms. The molecule has 1 aromatic rings. The molecule has 0 aliphatic heterocycles. The fourth-order valence-electron chi connectivity index (χ4n) is 3.28. The van der Waals surface area contributed by atoms with Crippen LogP contribution >= 0.6 is 0 Å². The second-order valence-corrected chi connectivity index (χ2v) is 9.14. The van der Waals surface area contributed by atoms with E-state index in [2.05, 4.69) is 25.9 Å². The molecule has 4 unspecified atom stereocenters. The van der Waals surface area contributed by atoms with Crippen LogP contribution in [0.5, 0.6) is 0 Å². The number of rotatable bonds is 15. The Kier molecular flexibility index (Phi) is 11.9. The van der Waals surface area contributed by atoms with E-state index >= 15 is 0 Å². The van der Waals surface area contributed by atoms with Crippen molar-refractivity contribution in [2.45, 2.75) is 77.5 Å². The third kappa shape index (κ3) is 10.5. The molecule has 1 heterocycles. The first kappa shape index (κ1) is 29.6. The minimum atomic E-state index is -1.43. The topological polar surface area (TPSA) is 217 Å². The first-order valence-corrected chi connectivity index (χ1v) is 11.4. The fraction of sp³-hybridized carbons (Fsp3) is 0.636. The van der Waals surface area contributed by atoms with Gasteiger partial charge in [-0.25, -0.2) is 9.78 Å². The third-order valence-electron chi connectivity index (χ3n) is 5.18. The van der Waals surface area contributed by atoms with Gasteiger partial charge in [-0.05, 0) is 24.7 Å². The highest BCUT2D eigenvalue weighted by molar-refractivity contribution is 5.94. The lowest BCUT2D eigenvalue weighted by molar-refractivity contribution is -0.143. The van der Waals surface area contributed by atoms with Gasteiger partial charge in [0.1, 0.15) is 18.1 Å². The van der Waals surface area contributed by atoms with E-state index in [1.807, 2.05) is 13.8 Å². The summed E-state index contributed by atoms with van der Waals surface area (Å²) < 4.78 is 0. The lowest BCUT2D eigenvalue weighted by Gasteiger charge is -2.27. The van der Waals surface area contributed by atoms with E-state index < -0.39 is 66.2 Å². The number of hydrogen-bond donors (Lipinski definition) is 7. The first-order valence-electron chi connectivity index (χ1n) is 11.4. The lowest BCUT2D eigenvalue weighted by atomic mass is 9.99. The molecule has 35 heavy (non-hydrogen) atoms. The van der Waals surface area contributed by atoms with Crippen LogP contribution in [0.1, 0.15) is 52.7 Å². The van der Waals surface area contributed by atoms with Gasteiger partial charge in [-0.1, -0.05) is 27.7 Å². The second-order valence-electron chi connectivity index (χ2n) is 9.14. The number of carbonyl (C=O) groups is 5. The van der Waals surface area contributed by atoms with Gasteiger partial charge in [0.15, 0.2) is 0 Å². The van der Waals surface area contributed by atoms with Crippen molar-refractivity contribution in [3.8, 4) is 0 Å². The van der Waals surface area contributed by atoms with Crippen LogP contribution in [0.2, 0.25) is 0 Å². The van der Waals surface area contributed by atoms with E-state index in [-0.39, 0.29) is 25.2 Å². The summed E-state index contributed by atoms with van der Waals surface area (Å²) in [6.45, 7) is 7.05. The van der Waals surface area contributed by atoms with Crippen LogP contribution in [0.25, 0.3) is 0 Å². The van der Waals surface area contributed by atoms with Crippen molar-refractivity contribution in [2.24, 2.45) is 17.6 Å². The summed E-state index contributed by atoms with van der Waals surface area (Å²) in [6, 6.07) is -4.46. The van der Waals surface area contributed by atoms with Crippen molar-refractivity contribution in [3.63, 3.8) is 0 Å². The molecular weight excluding hydrogens is 460 g/mol. The van der Waals surface area contributed by atoms with Gasteiger partial charge in [-0.15, -0.1) is 0 Å². The zero-order chi connectivity index (χ0) is 26.7. The smallest absolute Gasteiger partial charge is 0.326 e. The Bertz CT molecular complexity index is 872. The number of amides is 3. The molecule has 0 radical (unpaired) electrons. The molecule has 13 nitrogen and oxygen atoms in total. The molecular formula is C22H36N6O7. The van der Waals surface area contributed by atoms with E-state index in [0.29, 0.717) is 5.69 Å². The Morgan fingerprint density at radius 2 is 1.60 bits per heavy atom. The number of carboxylic acids is 2. The number of carboxylic acid groups (broad SMARTS) is 2. The maximum atomic E-state index is 13.1. The molecule has 0 aromatic carbocycles. The number of carbonyl (C=O) groups excluding carboxylic acids is 3. The highest BCUT2D eigenvalue weighted by atomic mass is 16.4. The molecule has 0 saturated carbocycles. The Balaban J connectivity index is 2.90. The van der Waals surface area contributed by atoms with E-state index in [4.69, 9.17) is 10.8 Å². The maximum absolute atomic E-state index is 13.1. The summed E-state index contributed by atoms with van der Waals surface area (Å²) in [4.78, 5) is 67.4. The monoisotopic (exact) mass is 496 g/mol. The van der Waals surface area contributed by atoms with Crippen molar-refractivity contribution in [1.82, 2.24) is 25.9 Å². The number of aromatic amines is 1. The van der Waals surface area contributed by atoms with E-state index in [0.717, 1.165) is 0 Å². The zero-order valence-electron chi connectivity index (χ0n) is 20.4. The van der Waals surface area contributed by atoms with E-state index in [9.17, 15) is 29.1 Å². The zero-order valence-corrected chi connectivity index (χ0v) is 20.4. The predicted molar refractivity (Wildman–Crippen MR) is 125 cm³/mol. The summed E-state index contributed by atoms with van der Waals surface area (Å²) in [5.41, 5.74) is 6.62. The van der Waals surface area contributed by atoms with Crippen LogP contribution in [0, 0.1) is 11.8 Å². The van der Waals surface area contributed by atoms with Crippen LogP contribution in [0.15, 0.2) is 12.5 Å². The molecule has 4 atom stereocenters. The van der Waals surface area contributed by atoms with Crippen molar-refractivity contribution >= 4 is 29.7 Å². The average Bonchev–Trinajstić information content (AvgIpc) is 3.26. The molecule has 0 fully saturated rings. The standard InChI is InChI=1S/C22H36N6O7/c1-11(2)7-16(27-19(31)14(23)8-13-9-24-10-25-13)20(32)28-18(12(3)4)21(33)26-15(22(34)35)5-6-17(29)30/h9-12,14-16,18H,5-8,23H2,1-4H3,(H,24,25)(H,26,33)(H,27,31)(H,28,32)(H,29,30)(H,34,35). The Labute approximate surface area is 203 Å². The van der Waals surface area contributed by atoms with Crippen LogP contribution in [0.3, 0.4) is 0 Å². The summed E-state index contributed by atoms with van der Waals surface area (Å²) in [6.07, 6.45) is 2.70. The van der Waals surface area contributed by atoms with Gasteiger partial charge in [0.25, 0.3) is 0 Å². The molecule has 3 amide bonds. The van der Waals surface area contributed by atoms with E-state index in [1.54, 1.807) is 13.8 Å². The summed E-state index contributed by atoms with van der Waals surface area (Å²) in [5, 5.41) is 25.6. The van der Waals surface area contributed by atoms with E-state index in [1.165, 1.54) is 12.5 Å².